The van der Waals surface area contributed by atoms with Crippen molar-refractivity contribution in [1.29, 1.82) is 0 Å². The van der Waals surface area contributed by atoms with Gasteiger partial charge in [-0.3, -0.25) is 14.4 Å². The number of amides is 2. The van der Waals surface area contributed by atoms with Crippen LogP contribution in [0.3, 0.4) is 0 Å². The van der Waals surface area contributed by atoms with Crippen LogP contribution in [0.25, 0.3) is 0 Å². The first-order valence-corrected chi connectivity index (χ1v) is 10.2. The number of Topliss-reactive ketones (excluding diaryl/α,β-unsaturated/α-hetero) is 1. The monoisotopic (exact) mass is 435 g/mol. The topological polar surface area (TPSA) is 99.2 Å². The van der Waals surface area contributed by atoms with E-state index in [1.807, 2.05) is 6.92 Å². The number of allylic oxidation sites excluding steroid dienone is 1. The number of carbonyl (C=O) groups is 3. The molecule has 0 bridgehead atoms. The first-order chi connectivity index (χ1) is 14.8. The fourth-order valence-corrected chi connectivity index (χ4v) is 4.19. The fraction of sp³-hybridized carbons (Fsp3) is 0.476. The molecular weight excluding hydrogens is 412 g/mol. The first-order valence-electron chi connectivity index (χ1n) is 10.2. The third-order valence-corrected chi connectivity index (χ3v) is 5.96. The molecule has 0 saturated carbocycles. The molecule has 31 heavy (non-hydrogen) atoms. The van der Waals surface area contributed by atoms with Gasteiger partial charge in [-0.25, -0.2) is 8.78 Å². The maximum atomic E-state index is 13.8. The zero-order valence-corrected chi connectivity index (χ0v) is 16.9. The molecule has 1 aromatic rings. The Hall–Kier alpha value is -3.01. The van der Waals surface area contributed by atoms with Gasteiger partial charge in [0, 0.05) is 31.3 Å². The Morgan fingerprint density at radius 3 is 2.77 bits per heavy atom. The van der Waals surface area contributed by atoms with Crippen LogP contribution in [0.1, 0.15) is 25.3 Å². The third kappa shape index (κ3) is 3.87. The van der Waals surface area contributed by atoms with Gasteiger partial charge in [0.2, 0.25) is 11.7 Å². The van der Waals surface area contributed by atoms with Crippen LogP contribution in [-0.4, -0.2) is 64.5 Å². The molecular formula is C21H23F2N3O5. The zero-order valence-electron chi connectivity index (χ0n) is 16.9. The second-order valence-electron chi connectivity index (χ2n) is 7.88. The number of aliphatic hydroxyl groups is 1. The Labute approximate surface area is 177 Å². The van der Waals surface area contributed by atoms with E-state index >= 15 is 0 Å². The lowest BCUT2D eigenvalue weighted by atomic mass is 9.93. The molecule has 1 aromatic carbocycles. The van der Waals surface area contributed by atoms with Crippen molar-refractivity contribution >= 4 is 17.6 Å². The fourth-order valence-electron chi connectivity index (χ4n) is 4.19. The maximum absolute atomic E-state index is 13.8. The zero-order chi connectivity index (χ0) is 22.3. The average molecular weight is 435 g/mol. The lowest BCUT2D eigenvalue weighted by molar-refractivity contribution is -0.181. The van der Waals surface area contributed by atoms with Crippen molar-refractivity contribution in [3.05, 3.63) is 46.9 Å². The van der Waals surface area contributed by atoms with Crippen LogP contribution >= 0.6 is 0 Å². The van der Waals surface area contributed by atoms with Gasteiger partial charge in [0.15, 0.2) is 12.0 Å². The number of ether oxygens (including phenoxy) is 1. The molecule has 8 nitrogen and oxygen atoms in total. The minimum atomic E-state index is -1.27. The summed E-state index contributed by atoms with van der Waals surface area (Å²) in [6.07, 6.45) is 0.971. The molecule has 2 fully saturated rings. The molecule has 0 spiro atoms. The number of ketones is 1. The summed E-state index contributed by atoms with van der Waals surface area (Å²) in [4.78, 5) is 41.1. The largest absolute Gasteiger partial charge is 0.503 e. The van der Waals surface area contributed by atoms with Gasteiger partial charge in [0.25, 0.3) is 5.91 Å². The molecule has 1 unspecified atom stereocenters. The van der Waals surface area contributed by atoms with E-state index in [0.29, 0.717) is 19.0 Å². The van der Waals surface area contributed by atoms with Gasteiger partial charge in [-0.1, -0.05) is 13.0 Å². The van der Waals surface area contributed by atoms with Gasteiger partial charge < -0.3 is 25.0 Å². The highest BCUT2D eigenvalue weighted by molar-refractivity contribution is 6.13. The number of benzene rings is 1. The van der Waals surface area contributed by atoms with Crippen LogP contribution in [0.5, 0.6) is 0 Å². The van der Waals surface area contributed by atoms with Crippen LogP contribution < -0.4 is 5.32 Å². The number of rotatable bonds is 4. The molecule has 2 saturated heterocycles. The third-order valence-electron chi connectivity index (χ3n) is 5.96. The number of hydrogen-bond donors (Lipinski definition) is 2. The Morgan fingerprint density at radius 2 is 2.06 bits per heavy atom. The van der Waals surface area contributed by atoms with Gasteiger partial charge >= 0.3 is 0 Å². The van der Waals surface area contributed by atoms with Crippen molar-refractivity contribution in [3.8, 4) is 0 Å². The predicted molar refractivity (Wildman–Crippen MR) is 103 cm³/mol. The molecule has 4 rings (SSSR count). The van der Waals surface area contributed by atoms with Crippen molar-refractivity contribution in [3.63, 3.8) is 0 Å². The molecule has 3 atom stereocenters. The number of piperazine rings is 1. The summed E-state index contributed by atoms with van der Waals surface area (Å²) in [6, 6.07) is 2.97. The number of halogens is 2. The number of fused-ring (bicyclic) bond motifs is 2. The molecule has 0 radical (unpaired) electrons. The van der Waals surface area contributed by atoms with Gasteiger partial charge in [-0.2, -0.15) is 0 Å². The summed E-state index contributed by atoms with van der Waals surface area (Å²) >= 11 is 0. The highest BCUT2D eigenvalue weighted by Crippen LogP contribution is 2.32. The van der Waals surface area contributed by atoms with E-state index in [0.717, 1.165) is 12.5 Å². The van der Waals surface area contributed by atoms with Gasteiger partial charge in [-0.05, 0) is 18.9 Å². The van der Waals surface area contributed by atoms with E-state index in [1.54, 1.807) is 0 Å². The van der Waals surface area contributed by atoms with Crippen LogP contribution in [0.15, 0.2) is 29.7 Å². The lowest BCUT2D eigenvalue weighted by Crippen LogP contribution is -2.63. The van der Waals surface area contributed by atoms with Crippen LogP contribution in [0.4, 0.5) is 8.78 Å². The minimum Gasteiger partial charge on any atom is -0.503 e. The minimum absolute atomic E-state index is 0.0179. The summed E-state index contributed by atoms with van der Waals surface area (Å²) in [5, 5.41) is 12.9. The summed E-state index contributed by atoms with van der Waals surface area (Å²) in [5.41, 5.74) is -0.0584. The van der Waals surface area contributed by atoms with Crippen molar-refractivity contribution in [2.45, 2.75) is 38.6 Å². The van der Waals surface area contributed by atoms with Crippen molar-refractivity contribution in [1.82, 2.24) is 15.1 Å². The Bertz CT molecular complexity index is 966. The molecule has 0 aliphatic carbocycles. The van der Waals surface area contributed by atoms with E-state index < -0.39 is 47.1 Å². The number of nitrogens with zero attached hydrogens (tertiary/aromatic N) is 2. The Kier molecular flexibility index (Phi) is 5.65. The highest BCUT2D eigenvalue weighted by atomic mass is 19.1. The number of aliphatic hydroxyl groups excluding tert-OH is 1. The van der Waals surface area contributed by atoms with E-state index in [2.05, 4.69) is 5.32 Å². The molecule has 3 heterocycles. The molecule has 10 heteroatoms. The summed E-state index contributed by atoms with van der Waals surface area (Å²) in [7, 11) is 0. The Balaban J connectivity index is 1.50. The van der Waals surface area contributed by atoms with Crippen LogP contribution in [-0.2, 0) is 25.7 Å². The van der Waals surface area contributed by atoms with Gasteiger partial charge in [0.1, 0.15) is 23.2 Å². The second kappa shape index (κ2) is 8.26. The van der Waals surface area contributed by atoms with Gasteiger partial charge in [0.05, 0.1) is 12.6 Å². The second-order valence-corrected chi connectivity index (χ2v) is 7.88. The quantitative estimate of drug-likeness (QED) is 0.690. The van der Waals surface area contributed by atoms with E-state index in [9.17, 15) is 28.3 Å². The summed E-state index contributed by atoms with van der Waals surface area (Å²) < 4.78 is 32.8. The normalized spacial score (nSPS) is 26.0. The molecule has 0 aromatic heterocycles. The number of carbonyl (C=O) groups excluding carboxylic acids is 3. The molecule has 2 N–H and O–H groups in total. The molecule has 2 amide bonds. The number of hydrogen-bond acceptors (Lipinski definition) is 6. The summed E-state index contributed by atoms with van der Waals surface area (Å²) in [6.45, 7) is 2.33. The van der Waals surface area contributed by atoms with Crippen LogP contribution in [0.2, 0.25) is 0 Å². The Morgan fingerprint density at radius 1 is 1.29 bits per heavy atom. The standard InChI is InChI=1S/C21H23F2N3O5/c1-2-13-5-6-26-16(31-13)10-25-9-14(18(27)19(28)17(25)21(26)30)20(29)24-8-11-3-4-12(22)7-15(11)23/h3-4,7,13-14,16,28H,2,5-6,8-10H2,1H3,(H,24,29)/t13-,14?,16+/m1/s1. The molecule has 166 valence electrons. The average Bonchev–Trinajstić information content (AvgIpc) is 2.74. The van der Waals surface area contributed by atoms with E-state index in [4.69, 9.17) is 4.74 Å². The first kappa shape index (κ1) is 21.2. The van der Waals surface area contributed by atoms with Gasteiger partial charge in [-0.15, -0.1) is 0 Å². The van der Waals surface area contributed by atoms with E-state index in [1.165, 1.54) is 15.9 Å². The summed E-state index contributed by atoms with van der Waals surface area (Å²) in [5.74, 6) is -5.65. The maximum Gasteiger partial charge on any atom is 0.276 e. The smallest absolute Gasteiger partial charge is 0.276 e. The van der Waals surface area contributed by atoms with Crippen molar-refractivity contribution in [2.24, 2.45) is 5.92 Å². The predicted octanol–water partition coefficient (Wildman–Crippen LogP) is 1.22. The van der Waals surface area contributed by atoms with E-state index in [-0.39, 0.29) is 37.0 Å². The van der Waals surface area contributed by atoms with Crippen LogP contribution in [0, 0.1) is 17.6 Å². The highest BCUT2D eigenvalue weighted by Gasteiger charge is 2.48. The number of nitrogens with one attached hydrogen (secondary N) is 1. The lowest BCUT2D eigenvalue weighted by Gasteiger charge is -2.48. The molecule has 3 aliphatic rings. The SMILES string of the molecule is CC[C@@H]1CCN2C(=O)C3=C(O)C(=O)C(C(=O)NCc4ccc(F)cc4F)CN3C[C@@H]2O1. The van der Waals surface area contributed by atoms with Crippen molar-refractivity contribution < 1.29 is 33.0 Å². The van der Waals surface area contributed by atoms with Crippen molar-refractivity contribution in [2.75, 3.05) is 19.6 Å². The molecule has 3 aliphatic heterocycles.